The minimum absolute atomic E-state index is 0. The van der Waals surface area contributed by atoms with Gasteiger partial charge >= 0.3 is 0 Å². The molecule has 8 heteroatoms. The standard InChI is InChI=1S/C17H23F2N3O2.ClH/c1-11(23)21-15(17-13(18)6-3-7-14(17)19)9-16(24)22-8-4-5-12(10-22)20-2;/h3,6-7,12,15,20H,4-5,8-10H2,1-2H3,(H,21,23);1H. The lowest BCUT2D eigenvalue weighted by atomic mass is 10.00. The molecule has 1 aliphatic rings. The molecule has 1 heterocycles. The lowest BCUT2D eigenvalue weighted by Gasteiger charge is -2.33. The number of benzene rings is 1. The van der Waals surface area contributed by atoms with Crippen LogP contribution in [0.15, 0.2) is 18.2 Å². The Kier molecular flexibility index (Phi) is 8.25. The maximum absolute atomic E-state index is 14.0. The maximum Gasteiger partial charge on any atom is 0.225 e. The van der Waals surface area contributed by atoms with Gasteiger partial charge in [0.25, 0.3) is 0 Å². The van der Waals surface area contributed by atoms with Gasteiger partial charge in [-0.2, -0.15) is 0 Å². The SMILES string of the molecule is CNC1CCCN(C(=O)CC(NC(C)=O)c2c(F)cccc2F)C1.Cl. The molecule has 25 heavy (non-hydrogen) atoms. The van der Waals surface area contributed by atoms with Crippen molar-refractivity contribution in [2.45, 2.75) is 38.3 Å². The molecule has 2 N–H and O–H groups in total. The molecule has 2 atom stereocenters. The van der Waals surface area contributed by atoms with Crippen LogP contribution in [0.1, 0.15) is 37.8 Å². The summed E-state index contributed by atoms with van der Waals surface area (Å²) in [4.78, 5) is 25.6. The number of halogens is 3. The molecule has 1 saturated heterocycles. The molecule has 0 aromatic heterocycles. The van der Waals surface area contributed by atoms with Crippen LogP contribution in [0.3, 0.4) is 0 Å². The van der Waals surface area contributed by atoms with Gasteiger partial charge in [0.05, 0.1) is 12.5 Å². The second kappa shape index (κ2) is 9.68. The molecule has 140 valence electrons. The van der Waals surface area contributed by atoms with E-state index in [-0.39, 0.29) is 36.3 Å². The highest BCUT2D eigenvalue weighted by Crippen LogP contribution is 2.25. The highest BCUT2D eigenvalue weighted by atomic mass is 35.5. The van der Waals surface area contributed by atoms with E-state index in [4.69, 9.17) is 0 Å². The fourth-order valence-corrected chi connectivity index (χ4v) is 3.06. The summed E-state index contributed by atoms with van der Waals surface area (Å²) in [6.07, 6.45) is 1.68. The van der Waals surface area contributed by atoms with Crippen molar-refractivity contribution in [3.8, 4) is 0 Å². The first-order valence-corrected chi connectivity index (χ1v) is 8.08. The Balaban J connectivity index is 0.00000312. The quantitative estimate of drug-likeness (QED) is 0.829. The predicted molar refractivity (Wildman–Crippen MR) is 93.4 cm³/mol. The molecular weight excluding hydrogens is 352 g/mol. The molecule has 1 aliphatic heterocycles. The minimum Gasteiger partial charge on any atom is -0.349 e. The van der Waals surface area contributed by atoms with Crippen LogP contribution in [0.25, 0.3) is 0 Å². The minimum atomic E-state index is -1.02. The first-order chi connectivity index (χ1) is 11.4. The maximum atomic E-state index is 14.0. The van der Waals surface area contributed by atoms with E-state index in [2.05, 4.69) is 10.6 Å². The lowest BCUT2D eigenvalue weighted by Crippen LogP contribution is -2.47. The fourth-order valence-electron chi connectivity index (χ4n) is 3.06. The van der Waals surface area contributed by atoms with Gasteiger partial charge in [0.15, 0.2) is 0 Å². The Morgan fingerprint density at radius 3 is 2.52 bits per heavy atom. The Bertz CT molecular complexity index is 595. The number of carbonyl (C=O) groups excluding carboxylic acids is 2. The lowest BCUT2D eigenvalue weighted by molar-refractivity contribution is -0.133. The van der Waals surface area contributed by atoms with Gasteiger partial charge < -0.3 is 15.5 Å². The van der Waals surface area contributed by atoms with E-state index in [1.54, 1.807) is 4.90 Å². The number of likely N-dealkylation sites (N-methyl/N-ethyl adjacent to an activating group) is 1. The molecule has 0 spiro atoms. The predicted octanol–water partition coefficient (Wildman–Crippen LogP) is 2.16. The second-order valence-corrected chi connectivity index (χ2v) is 6.06. The number of piperidine rings is 1. The van der Waals surface area contributed by atoms with E-state index in [1.165, 1.54) is 13.0 Å². The summed E-state index contributed by atoms with van der Waals surface area (Å²) in [5.41, 5.74) is -0.275. The van der Waals surface area contributed by atoms with Gasteiger partial charge in [0, 0.05) is 31.6 Å². The van der Waals surface area contributed by atoms with Crippen LogP contribution in [0.4, 0.5) is 8.78 Å². The van der Waals surface area contributed by atoms with Crippen LogP contribution < -0.4 is 10.6 Å². The molecule has 0 bridgehead atoms. The van der Waals surface area contributed by atoms with Crippen LogP contribution in [0.2, 0.25) is 0 Å². The van der Waals surface area contributed by atoms with Crippen LogP contribution >= 0.6 is 12.4 Å². The topological polar surface area (TPSA) is 61.4 Å². The van der Waals surface area contributed by atoms with Crippen molar-refractivity contribution in [3.05, 3.63) is 35.4 Å². The Morgan fingerprint density at radius 2 is 1.96 bits per heavy atom. The second-order valence-electron chi connectivity index (χ2n) is 6.06. The molecule has 2 amide bonds. The summed E-state index contributed by atoms with van der Waals surface area (Å²) in [7, 11) is 1.84. The zero-order valence-corrected chi connectivity index (χ0v) is 15.2. The smallest absolute Gasteiger partial charge is 0.225 e. The average molecular weight is 376 g/mol. The number of carbonyl (C=O) groups is 2. The van der Waals surface area contributed by atoms with Gasteiger partial charge in [-0.05, 0) is 32.0 Å². The number of rotatable bonds is 5. The third kappa shape index (κ3) is 5.64. The Labute approximate surface area is 152 Å². The van der Waals surface area contributed by atoms with Gasteiger partial charge in [-0.3, -0.25) is 9.59 Å². The summed E-state index contributed by atoms with van der Waals surface area (Å²) >= 11 is 0. The highest BCUT2D eigenvalue weighted by molar-refractivity contribution is 5.85. The Hall–Kier alpha value is -1.73. The van der Waals surface area contributed by atoms with E-state index in [1.807, 2.05) is 7.05 Å². The van der Waals surface area contributed by atoms with Crippen molar-refractivity contribution in [2.75, 3.05) is 20.1 Å². The molecule has 0 radical (unpaired) electrons. The summed E-state index contributed by atoms with van der Waals surface area (Å²) in [6, 6.07) is 2.69. The third-order valence-corrected chi connectivity index (χ3v) is 4.29. The van der Waals surface area contributed by atoms with E-state index >= 15 is 0 Å². The van der Waals surface area contributed by atoms with Crippen molar-refractivity contribution in [1.29, 1.82) is 0 Å². The first-order valence-electron chi connectivity index (χ1n) is 8.08. The molecule has 0 aliphatic carbocycles. The van der Waals surface area contributed by atoms with Crippen LogP contribution in [-0.4, -0.2) is 42.9 Å². The number of nitrogens with zero attached hydrogens (tertiary/aromatic N) is 1. The number of hydrogen-bond acceptors (Lipinski definition) is 3. The first kappa shape index (κ1) is 21.3. The van der Waals surface area contributed by atoms with Gasteiger partial charge in [-0.25, -0.2) is 8.78 Å². The molecule has 1 fully saturated rings. The van der Waals surface area contributed by atoms with Crippen molar-refractivity contribution in [3.63, 3.8) is 0 Å². The van der Waals surface area contributed by atoms with Gasteiger partial charge in [0.1, 0.15) is 11.6 Å². The van der Waals surface area contributed by atoms with Gasteiger partial charge in [-0.15, -0.1) is 12.4 Å². The van der Waals surface area contributed by atoms with Gasteiger partial charge in [0.2, 0.25) is 11.8 Å². The van der Waals surface area contributed by atoms with Crippen molar-refractivity contribution < 1.29 is 18.4 Å². The number of hydrogen-bond donors (Lipinski definition) is 2. The summed E-state index contributed by atoms with van der Waals surface area (Å²) in [5, 5.41) is 5.63. The number of nitrogens with one attached hydrogen (secondary N) is 2. The van der Waals surface area contributed by atoms with Crippen molar-refractivity contribution in [2.24, 2.45) is 0 Å². The molecule has 0 saturated carbocycles. The molecule has 1 aromatic carbocycles. The summed E-state index contributed by atoms with van der Waals surface area (Å²) in [5.74, 6) is -2.21. The Morgan fingerprint density at radius 1 is 1.32 bits per heavy atom. The highest BCUT2D eigenvalue weighted by Gasteiger charge is 2.28. The molecule has 1 aromatic rings. The molecule has 2 rings (SSSR count). The van der Waals surface area contributed by atoms with E-state index in [0.717, 1.165) is 25.0 Å². The molecule has 2 unspecified atom stereocenters. The zero-order valence-electron chi connectivity index (χ0n) is 14.4. The summed E-state index contributed by atoms with van der Waals surface area (Å²) in [6.45, 7) is 2.43. The fraction of sp³-hybridized carbons (Fsp3) is 0.529. The summed E-state index contributed by atoms with van der Waals surface area (Å²) < 4.78 is 28.1. The van der Waals surface area contributed by atoms with Crippen LogP contribution in [0, 0.1) is 11.6 Å². The largest absolute Gasteiger partial charge is 0.349 e. The average Bonchev–Trinajstić information content (AvgIpc) is 2.54. The van der Waals surface area contributed by atoms with E-state index in [0.29, 0.717) is 13.1 Å². The number of likely N-dealkylation sites (tertiary alicyclic amines) is 1. The normalized spacial score (nSPS) is 18.2. The van der Waals surface area contributed by atoms with Crippen molar-refractivity contribution in [1.82, 2.24) is 15.5 Å². The third-order valence-electron chi connectivity index (χ3n) is 4.29. The van der Waals surface area contributed by atoms with E-state index < -0.39 is 23.6 Å². The molecule has 5 nitrogen and oxygen atoms in total. The van der Waals surface area contributed by atoms with Crippen LogP contribution in [0.5, 0.6) is 0 Å². The monoisotopic (exact) mass is 375 g/mol. The molecular formula is C17H24ClF2N3O2. The van der Waals surface area contributed by atoms with Gasteiger partial charge in [-0.1, -0.05) is 6.07 Å². The van der Waals surface area contributed by atoms with Crippen LogP contribution in [-0.2, 0) is 9.59 Å². The van der Waals surface area contributed by atoms with E-state index in [9.17, 15) is 18.4 Å². The zero-order chi connectivity index (χ0) is 17.7. The van der Waals surface area contributed by atoms with Crippen molar-refractivity contribution >= 4 is 24.2 Å². The number of amides is 2.